The van der Waals surface area contributed by atoms with Gasteiger partial charge in [0.1, 0.15) is 11.6 Å². The molecule has 1 N–H and O–H groups in total. The third-order valence-electron chi connectivity index (χ3n) is 3.95. The van der Waals surface area contributed by atoms with Crippen molar-refractivity contribution in [1.29, 1.82) is 0 Å². The zero-order valence-electron chi connectivity index (χ0n) is 13.9. The van der Waals surface area contributed by atoms with Gasteiger partial charge in [0.05, 0.1) is 16.3 Å². The average molecular weight is 399 g/mol. The molecule has 0 saturated carbocycles. The van der Waals surface area contributed by atoms with E-state index in [1.165, 1.54) is 23.5 Å². The highest BCUT2D eigenvalue weighted by atomic mass is 35.5. The van der Waals surface area contributed by atoms with E-state index in [9.17, 15) is 8.78 Å². The van der Waals surface area contributed by atoms with Gasteiger partial charge < -0.3 is 5.32 Å². The van der Waals surface area contributed by atoms with Crippen molar-refractivity contribution >= 4 is 33.8 Å². The highest BCUT2D eigenvalue weighted by Crippen LogP contribution is 2.40. The molecule has 2 nitrogen and oxygen atoms in total. The molecule has 6 heteroatoms. The lowest BCUT2D eigenvalue weighted by molar-refractivity contribution is 0.586. The Balaban J connectivity index is 1.78. The van der Waals surface area contributed by atoms with Crippen molar-refractivity contribution in [1.82, 2.24) is 4.98 Å². The van der Waals surface area contributed by atoms with Crippen molar-refractivity contribution in [3.63, 3.8) is 0 Å². The van der Waals surface area contributed by atoms with Gasteiger partial charge in [-0.3, -0.25) is 0 Å². The molecule has 134 valence electrons. The molecule has 4 aromatic rings. The number of anilines is 2. The second-order valence-electron chi connectivity index (χ2n) is 5.82. The highest BCUT2D eigenvalue weighted by molar-refractivity contribution is 7.19. The highest BCUT2D eigenvalue weighted by Gasteiger charge is 2.16. The Labute approximate surface area is 164 Å². The molecule has 1 heterocycles. The van der Waals surface area contributed by atoms with E-state index in [0.717, 1.165) is 27.8 Å². The SMILES string of the molecule is Fc1ccc(Nc2nc(-c3ccc(Cl)cc3)c(-c3ccccc3)s2)c(F)c1. The van der Waals surface area contributed by atoms with Gasteiger partial charge >= 0.3 is 0 Å². The zero-order chi connectivity index (χ0) is 18.8. The fraction of sp³-hybridized carbons (Fsp3) is 0. The molecule has 0 atom stereocenters. The van der Waals surface area contributed by atoms with Crippen LogP contribution in [-0.2, 0) is 0 Å². The maximum Gasteiger partial charge on any atom is 0.188 e. The summed E-state index contributed by atoms with van der Waals surface area (Å²) in [4.78, 5) is 5.60. The Morgan fingerprint density at radius 1 is 0.852 bits per heavy atom. The molecule has 1 aromatic heterocycles. The molecular formula is C21H13ClF2N2S. The summed E-state index contributed by atoms with van der Waals surface area (Å²) in [7, 11) is 0. The zero-order valence-corrected chi connectivity index (χ0v) is 15.5. The number of nitrogens with zero attached hydrogens (tertiary/aromatic N) is 1. The summed E-state index contributed by atoms with van der Waals surface area (Å²) in [5.74, 6) is -1.29. The lowest BCUT2D eigenvalue weighted by Crippen LogP contribution is -1.94. The van der Waals surface area contributed by atoms with E-state index >= 15 is 0 Å². The third kappa shape index (κ3) is 3.84. The summed E-state index contributed by atoms with van der Waals surface area (Å²) in [6, 6.07) is 20.6. The molecule has 4 rings (SSSR count). The number of rotatable bonds is 4. The average Bonchev–Trinajstić information content (AvgIpc) is 3.09. The molecule has 0 aliphatic rings. The normalized spacial score (nSPS) is 10.8. The van der Waals surface area contributed by atoms with Crippen LogP contribution in [0.3, 0.4) is 0 Å². The quantitative estimate of drug-likeness (QED) is 0.394. The van der Waals surface area contributed by atoms with Crippen LogP contribution in [0.15, 0.2) is 72.8 Å². The van der Waals surface area contributed by atoms with Gasteiger partial charge in [-0.25, -0.2) is 13.8 Å². The van der Waals surface area contributed by atoms with Crippen molar-refractivity contribution in [2.24, 2.45) is 0 Å². The standard InChI is InChI=1S/C21H13ClF2N2S/c22-15-8-6-13(7-9-15)19-20(14-4-2-1-3-5-14)27-21(26-19)25-18-11-10-16(23)12-17(18)24/h1-12H,(H,25,26). The van der Waals surface area contributed by atoms with E-state index in [-0.39, 0.29) is 5.69 Å². The fourth-order valence-corrected chi connectivity index (χ4v) is 3.80. The number of nitrogens with one attached hydrogen (secondary N) is 1. The molecule has 3 aromatic carbocycles. The Morgan fingerprint density at radius 3 is 2.30 bits per heavy atom. The summed E-state index contributed by atoms with van der Waals surface area (Å²) in [6.45, 7) is 0. The van der Waals surface area contributed by atoms with Crippen LogP contribution in [0.1, 0.15) is 0 Å². The number of thiazole rings is 1. The Morgan fingerprint density at radius 2 is 1.59 bits per heavy atom. The third-order valence-corrected chi connectivity index (χ3v) is 5.23. The van der Waals surface area contributed by atoms with Crippen LogP contribution in [0.2, 0.25) is 5.02 Å². The molecule has 0 saturated heterocycles. The van der Waals surface area contributed by atoms with E-state index in [1.807, 2.05) is 42.5 Å². The lowest BCUT2D eigenvalue weighted by Gasteiger charge is -2.03. The van der Waals surface area contributed by atoms with Crippen LogP contribution < -0.4 is 5.32 Å². The fourth-order valence-electron chi connectivity index (χ4n) is 2.67. The van der Waals surface area contributed by atoms with Gasteiger partial charge in [0.15, 0.2) is 5.13 Å². The smallest absolute Gasteiger partial charge is 0.188 e. The summed E-state index contributed by atoms with van der Waals surface area (Å²) in [5, 5.41) is 4.11. The van der Waals surface area contributed by atoms with Crippen molar-refractivity contribution < 1.29 is 8.78 Å². The first-order valence-corrected chi connectivity index (χ1v) is 9.34. The molecule has 0 bridgehead atoms. The minimum atomic E-state index is -0.667. The summed E-state index contributed by atoms with van der Waals surface area (Å²) >= 11 is 7.40. The minimum Gasteiger partial charge on any atom is -0.329 e. The van der Waals surface area contributed by atoms with Crippen LogP contribution in [0.4, 0.5) is 19.6 Å². The van der Waals surface area contributed by atoms with Gasteiger partial charge in [-0.2, -0.15) is 0 Å². The number of hydrogen-bond donors (Lipinski definition) is 1. The molecule has 0 fully saturated rings. The van der Waals surface area contributed by atoms with Gasteiger partial charge in [0.2, 0.25) is 0 Å². The predicted octanol–water partition coefficient (Wildman–Crippen LogP) is 7.15. The monoisotopic (exact) mass is 398 g/mol. The van der Waals surface area contributed by atoms with Crippen molar-refractivity contribution in [2.45, 2.75) is 0 Å². The van der Waals surface area contributed by atoms with Crippen molar-refractivity contribution in [3.05, 3.63) is 89.5 Å². The molecule has 0 spiro atoms. The van der Waals surface area contributed by atoms with E-state index in [2.05, 4.69) is 10.3 Å². The Bertz CT molecular complexity index is 1080. The summed E-state index contributed by atoms with van der Waals surface area (Å²) in [5.41, 5.74) is 2.86. The Kier molecular flexibility index (Phi) is 4.88. The van der Waals surface area contributed by atoms with E-state index < -0.39 is 11.6 Å². The van der Waals surface area contributed by atoms with Gasteiger partial charge in [-0.1, -0.05) is 65.4 Å². The summed E-state index contributed by atoms with van der Waals surface area (Å²) < 4.78 is 27.1. The maximum atomic E-state index is 14.0. The number of aromatic nitrogens is 1. The minimum absolute atomic E-state index is 0.174. The van der Waals surface area contributed by atoms with E-state index in [0.29, 0.717) is 10.2 Å². The van der Waals surface area contributed by atoms with Crippen LogP contribution >= 0.6 is 22.9 Å². The molecule has 0 unspecified atom stereocenters. The van der Waals surface area contributed by atoms with Crippen LogP contribution in [0.25, 0.3) is 21.7 Å². The molecule has 0 aliphatic carbocycles. The van der Waals surface area contributed by atoms with E-state index in [4.69, 9.17) is 11.6 Å². The van der Waals surface area contributed by atoms with Gasteiger partial charge in [0.25, 0.3) is 0 Å². The Hall–Kier alpha value is -2.76. The van der Waals surface area contributed by atoms with Crippen molar-refractivity contribution in [2.75, 3.05) is 5.32 Å². The first-order chi connectivity index (χ1) is 13.1. The maximum absolute atomic E-state index is 14.0. The molecule has 0 aliphatic heterocycles. The van der Waals surface area contributed by atoms with E-state index in [1.54, 1.807) is 12.1 Å². The second kappa shape index (κ2) is 7.47. The van der Waals surface area contributed by atoms with Crippen molar-refractivity contribution in [3.8, 4) is 21.7 Å². The lowest BCUT2D eigenvalue weighted by atomic mass is 10.1. The molecule has 0 amide bonds. The molecule has 0 radical (unpaired) electrons. The van der Waals surface area contributed by atoms with Gasteiger partial charge in [-0.15, -0.1) is 0 Å². The second-order valence-corrected chi connectivity index (χ2v) is 7.25. The first kappa shape index (κ1) is 17.6. The number of hydrogen-bond acceptors (Lipinski definition) is 3. The topological polar surface area (TPSA) is 24.9 Å². The molecule has 27 heavy (non-hydrogen) atoms. The predicted molar refractivity (Wildman–Crippen MR) is 108 cm³/mol. The molecular weight excluding hydrogens is 386 g/mol. The van der Waals surface area contributed by atoms with Crippen LogP contribution in [0.5, 0.6) is 0 Å². The van der Waals surface area contributed by atoms with Crippen LogP contribution in [-0.4, -0.2) is 4.98 Å². The summed E-state index contributed by atoms with van der Waals surface area (Å²) in [6.07, 6.45) is 0. The van der Waals surface area contributed by atoms with Gasteiger partial charge in [-0.05, 0) is 29.8 Å². The van der Waals surface area contributed by atoms with Gasteiger partial charge in [0, 0.05) is 16.7 Å². The largest absolute Gasteiger partial charge is 0.329 e. The van der Waals surface area contributed by atoms with Crippen LogP contribution in [0, 0.1) is 11.6 Å². The number of benzene rings is 3. The number of halogens is 3. The first-order valence-electron chi connectivity index (χ1n) is 8.14.